The Balaban J connectivity index is 2.91. The summed E-state index contributed by atoms with van der Waals surface area (Å²) in [6.07, 6.45) is 2.25. The molecule has 0 bridgehead atoms. The predicted molar refractivity (Wildman–Crippen MR) is 32.9 cm³/mol. The van der Waals surface area contributed by atoms with Crippen LogP contribution >= 0.6 is 0 Å². The van der Waals surface area contributed by atoms with E-state index < -0.39 is 5.97 Å². The van der Waals surface area contributed by atoms with Gasteiger partial charge < -0.3 is 14.6 Å². The molecule has 0 saturated heterocycles. The van der Waals surface area contributed by atoms with E-state index in [0.29, 0.717) is 0 Å². The Bertz CT molecular complexity index is 257. The summed E-state index contributed by atoms with van der Waals surface area (Å²) in [5, 5.41) is 10.2. The molecule has 58 valence electrons. The molecule has 0 aliphatic rings. The molecule has 0 saturated carbocycles. The number of aromatic nitrogens is 2. The van der Waals surface area contributed by atoms with Gasteiger partial charge in [0.25, 0.3) is 0 Å². The molecule has 0 aliphatic carbocycles. The minimum atomic E-state index is -1.30. The molecule has 1 rings (SSSR count). The van der Waals surface area contributed by atoms with Gasteiger partial charge in [-0.25, -0.2) is 9.97 Å². The first-order valence-electron chi connectivity index (χ1n) is 2.81. The quantitative estimate of drug-likeness (QED) is 0.536. The van der Waals surface area contributed by atoms with Crippen molar-refractivity contribution in [2.45, 2.75) is 0 Å². The molecular weight excluding hydrogens is 148 g/mol. The first kappa shape index (κ1) is 7.46. The van der Waals surface area contributed by atoms with E-state index in [1.165, 1.54) is 7.11 Å². The van der Waals surface area contributed by atoms with Crippen LogP contribution in [0.15, 0.2) is 12.4 Å². The monoisotopic (exact) mass is 153 g/mol. The third kappa shape index (κ3) is 1.64. The molecule has 0 fully saturated rings. The minimum Gasteiger partial charge on any atom is -0.545 e. The first-order chi connectivity index (χ1) is 5.24. The number of aromatic carboxylic acids is 1. The number of carbonyl (C=O) groups is 1. The zero-order valence-electron chi connectivity index (χ0n) is 5.77. The van der Waals surface area contributed by atoms with Crippen molar-refractivity contribution in [3.05, 3.63) is 18.0 Å². The van der Waals surface area contributed by atoms with Crippen LogP contribution in [0.2, 0.25) is 0 Å². The molecule has 5 nitrogen and oxygen atoms in total. The molecule has 0 unspecified atom stereocenters. The molecular formula is C6H5N2O3-. The van der Waals surface area contributed by atoms with E-state index in [1.54, 1.807) is 0 Å². The van der Waals surface area contributed by atoms with Gasteiger partial charge in [-0.2, -0.15) is 0 Å². The van der Waals surface area contributed by atoms with Gasteiger partial charge in [0.05, 0.1) is 13.1 Å². The van der Waals surface area contributed by atoms with Crippen LogP contribution in [0.4, 0.5) is 0 Å². The Morgan fingerprint density at radius 3 is 2.45 bits per heavy atom. The van der Waals surface area contributed by atoms with Crippen molar-refractivity contribution in [1.82, 2.24) is 9.97 Å². The maximum atomic E-state index is 10.2. The van der Waals surface area contributed by atoms with Crippen LogP contribution in [0, 0.1) is 0 Å². The molecule has 0 atom stereocenters. The van der Waals surface area contributed by atoms with Gasteiger partial charge in [0.15, 0.2) is 0 Å². The van der Waals surface area contributed by atoms with Crippen molar-refractivity contribution in [3.63, 3.8) is 0 Å². The molecule has 11 heavy (non-hydrogen) atoms. The summed E-state index contributed by atoms with van der Waals surface area (Å²) in [4.78, 5) is 17.3. The van der Waals surface area contributed by atoms with Crippen molar-refractivity contribution in [2.75, 3.05) is 7.11 Å². The highest BCUT2D eigenvalue weighted by atomic mass is 16.5. The maximum absolute atomic E-state index is 10.2. The SMILES string of the molecule is COc1ncc(C(=O)[O-])cn1. The number of ether oxygens (including phenoxy) is 1. The second-order valence-corrected chi connectivity index (χ2v) is 1.75. The van der Waals surface area contributed by atoms with Crippen molar-refractivity contribution in [1.29, 1.82) is 0 Å². The van der Waals surface area contributed by atoms with Crippen LogP contribution in [-0.4, -0.2) is 23.0 Å². The van der Waals surface area contributed by atoms with Crippen LogP contribution in [-0.2, 0) is 0 Å². The minimum absolute atomic E-state index is 0.0641. The van der Waals surface area contributed by atoms with Gasteiger partial charge >= 0.3 is 6.01 Å². The van der Waals surface area contributed by atoms with Crippen molar-refractivity contribution in [3.8, 4) is 6.01 Å². The predicted octanol–water partition coefficient (Wildman–Crippen LogP) is -1.15. The number of carboxylic acid groups (broad SMARTS) is 1. The van der Waals surface area contributed by atoms with E-state index in [4.69, 9.17) is 0 Å². The average molecular weight is 153 g/mol. The molecule has 5 heteroatoms. The van der Waals surface area contributed by atoms with Crippen molar-refractivity contribution < 1.29 is 14.6 Å². The van der Waals surface area contributed by atoms with Gasteiger partial charge in [0.1, 0.15) is 0 Å². The number of rotatable bonds is 2. The van der Waals surface area contributed by atoms with Gasteiger partial charge in [-0.3, -0.25) is 0 Å². The van der Waals surface area contributed by atoms with E-state index in [2.05, 4.69) is 14.7 Å². The fourth-order valence-electron chi connectivity index (χ4n) is 0.527. The largest absolute Gasteiger partial charge is 0.545 e. The fourth-order valence-corrected chi connectivity index (χ4v) is 0.527. The standard InChI is InChI=1S/C6H6N2O3/c1-11-6-7-2-4(3-8-6)5(9)10/h2-3H,1H3,(H,9,10)/p-1. The third-order valence-corrected chi connectivity index (χ3v) is 1.05. The Hall–Kier alpha value is -1.65. The number of carbonyl (C=O) groups excluding carboxylic acids is 1. The van der Waals surface area contributed by atoms with Crippen molar-refractivity contribution in [2.24, 2.45) is 0 Å². The lowest BCUT2D eigenvalue weighted by molar-refractivity contribution is -0.255. The van der Waals surface area contributed by atoms with Crippen LogP contribution in [0.3, 0.4) is 0 Å². The molecule has 0 spiro atoms. The molecule has 1 aromatic heterocycles. The highest BCUT2D eigenvalue weighted by molar-refractivity contribution is 5.84. The summed E-state index contributed by atoms with van der Waals surface area (Å²) in [5.74, 6) is -1.30. The highest BCUT2D eigenvalue weighted by Crippen LogP contribution is 1.99. The smallest absolute Gasteiger partial charge is 0.316 e. The molecule has 1 heterocycles. The summed E-state index contributed by atoms with van der Waals surface area (Å²) in [5.41, 5.74) is -0.0641. The summed E-state index contributed by atoms with van der Waals surface area (Å²) < 4.78 is 4.61. The van der Waals surface area contributed by atoms with Gasteiger partial charge in [0.2, 0.25) is 0 Å². The fraction of sp³-hybridized carbons (Fsp3) is 0.167. The average Bonchev–Trinajstić information content (AvgIpc) is 2.05. The topological polar surface area (TPSA) is 75.1 Å². The number of hydrogen-bond donors (Lipinski definition) is 0. The molecule has 1 aromatic rings. The molecule has 0 amide bonds. The van der Waals surface area contributed by atoms with E-state index >= 15 is 0 Å². The molecule has 0 N–H and O–H groups in total. The third-order valence-electron chi connectivity index (χ3n) is 1.05. The van der Waals surface area contributed by atoms with Gasteiger partial charge in [-0.15, -0.1) is 0 Å². The maximum Gasteiger partial charge on any atom is 0.316 e. The van der Waals surface area contributed by atoms with Crippen LogP contribution in [0.5, 0.6) is 6.01 Å². The number of carboxylic acids is 1. The van der Waals surface area contributed by atoms with Crippen LogP contribution in [0.1, 0.15) is 10.4 Å². The summed E-state index contributed by atoms with van der Waals surface area (Å²) >= 11 is 0. The number of nitrogens with zero attached hydrogens (tertiary/aromatic N) is 2. The van der Waals surface area contributed by atoms with Crippen LogP contribution < -0.4 is 9.84 Å². The van der Waals surface area contributed by atoms with E-state index in [0.717, 1.165) is 12.4 Å². The molecule has 0 aromatic carbocycles. The number of hydrogen-bond acceptors (Lipinski definition) is 5. The zero-order valence-corrected chi connectivity index (χ0v) is 5.77. The molecule has 0 aliphatic heterocycles. The van der Waals surface area contributed by atoms with E-state index in [9.17, 15) is 9.90 Å². The lowest BCUT2D eigenvalue weighted by atomic mass is 10.4. The van der Waals surface area contributed by atoms with Gasteiger partial charge in [-0.1, -0.05) is 0 Å². The van der Waals surface area contributed by atoms with E-state index in [-0.39, 0.29) is 11.6 Å². The first-order valence-corrected chi connectivity index (χ1v) is 2.81. The lowest BCUT2D eigenvalue weighted by Crippen LogP contribution is -2.22. The summed E-state index contributed by atoms with van der Waals surface area (Å²) in [6, 6.07) is 0.134. The Kier molecular flexibility index (Phi) is 2.00. The normalized spacial score (nSPS) is 9.18. The highest BCUT2D eigenvalue weighted by Gasteiger charge is 1.95. The molecule has 0 radical (unpaired) electrons. The van der Waals surface area contributed by atoms with Gasteiger partial charge in [-0.05, 0) is 0 Å². The zero-order chi connectivity index (χ0) is 8.27. The lowest BCUT2D eigenvalue weighted by Gasteiger charge is -2.00. The summed E-state index contributed by atoms with van der Waals surface area (Å²) in [7, 11) is 1.40. The van der Waals surface area contributed by atoms with Crippen molar-refractivity contribution >= 4 is 5.97 Å². The number of methoxy groups -OCH3 is 1. The van der Waals surface area contributed by atoms with Crippen LogP contribution in [0.25, 0.3) is 0 Å². The Morgan fingerprint density at radius 2 is 2.09 bits per heavy atom. The second kappa shape index (κ2) is 2.96. The Labute approximate surface area is 62.7 Å². The second-order valence-electron chi connectivity index (χ2n) is 1.75. The Morgan fingerprint density at radius 1 is 1.55 bits per heavy atom. The summed E-state index contributed by atoms with van der Waals surface area (Å²) in [6.45, 7) is 0. The van der Waals surface area contributed by atoms with E-state index in [1.807, 2.05) is 0 Å². The van der Waals surface area contributed by atoms with Gasteiger partial charge in [0, 0.05) is 18.0 Å².